The fraction of sp³-hybridized carbons (Fsp3) is 0.143. The molecule has 11 heavy (non-hydrogen) atoms. The summed E-state index contributed by atoms with van der Waals surface area (Å²) in [6, 6.07) is 0. The first kappa shape index (κ1) is 6.61. The Bertz CT molecular complexity index is 393. The summed E-state index contributed by atoms with van der Waals surface area (Å²) in [7, 11) is 0. The van der Waals surface area contributed by atoms with E-state index in [1.54, 1.807) is 18.6 Å². The van der Waals surface area contributed by atoms with Crippen molar-refractivity contribution in [3.8, 4) is 0 Å². The van der Waals surface area contributed by atoms with Crippen molar-refractivity contribution in [2.75, 3.05) is 0 Å². The number of aromatic nitrogens is 3. The molecular weight excluding hydrogens is 162 g/mol. The molecule has 2 heterocycles. The summed E-state index contributed by atoms with van der Waals surface area (Å²) in [5, 5.41) is 0.595. The minimum absolute atomic E-state index is 0.595. The van der Waals surface area contributed by atoms with Crippen molar-refractivity contribution in [3.05, 3.63) is 29.6 Å². The zero-order valence-electron chi connectivity index (χ0n) is 5.95. The molecule has 0 aliphatic heterocycles. The first-order valence-electron chi connectivity index (χ1n) is 3.22. The average molecular weight is 168 g/mol. The van der Waals surface area contributed by atoms with Crippen LogP contribution in [0.4, 0.5) is 0 Å². The van der Waals surface area contributed by atoms with Gasteiger partial charge >= 0.3 is 0 Å². The summed E-state index contributed by atoms with van der Waals surface area (Å²) in [6.45, 7) is 1.90. The van der Waals surface area contributed by atoms with Crippen molar-refractivity contribution in [1.29, 1.82) is 0 Å². The van der Waals surface area contributed by atoms with Gasteiger partial charge in [-0.05, 0) is 6.92 Å². The van der Waals surface area contributed by atoms with Crippen molar-refractivity contribution < 1.29 is 0 Å². The Morgan fingerprint density at radius 1 is 1.36 bits per heavy atom. The van der Waals surface area contributed by atoms with Gasteiger partial charge in [0.25, 0.3) is 0 Å². The van der Waals surface area contributed by atoms with Crippen molar-refractivity contribution >= 4 is 17.1 Å². The van der Waals surface area contributed by atoms with Crippen LogP contribution in [0.1, 0.15) is 5.82 Å². The van der Waals surface area contributed by atoms with Crippen LogP contribution in [0.15, 0.2) is 18.6 Å². The zero-order valence-corrected chi connectivity index (χ0v) is 6.71. The van der Waals surface area contributed by atoms with Crippen LogP contribution in [-0.2, 0) is 0 Å². The van der Waals surface area contributed by atoms with Crippen molar-refractivity contribution in [2.24, 2.45) is 0 Å². The van der Waals surface area contributed by atoms with E-state index in [0.29, 0.717) is 5.15 Å². The second-order valence-electron chi connectivity index (χ2n) is 2.30. The lowest BCUT2D eigenvalue weighted by atomic mass is 10.6. The Kier molecular flexibility index (Phi) is 1.32. The standard InChI is InChI=1S/C7H6ClN3/c1-5-10-3-6-2-9-4-7(8)11(5)6/h2-4H,1H3. The summed E-state index contributed by atoms with van der Waals surface area (Å²) in [5.41, 5.74) is 0.926. The van der Waals surface area contributed by atoms with Crippen LogP contribution in [0.2, 0.25) is 5.15 Å². The third kappa shape index (κ3) is 0.886. The van der Waals surface area contributed by atoms with E-state index in [9.17, 15) is 0 Å². The van der Waals surface area contributed by atoms with Crippen LogP contribution < -0.4 is 0 Å². The molecule has 3 nitrogen and oxygen atoms in total. The largest absolute Gasteiger partial charge is 0.284 e. The molecule has 2 aromatic rings. The lowest BCUT2D eigenvalue weighted by molar-refractivity contribution is 1.03. The van der Waals surface area contributed by atoms with Crippen LogP contribution in [0.25, 0.3) is 5.52 Å². The molecule has 0 aliphatic rings. The molecule has 0 amide bonds. The van der Waals surface area contributed by atoms with E-state index in [1.807, 2.05) is 11.3 Å². The Morgan fingerprint density at radius 2 is 2.18 bits per heavy atom. The molecule has 0 N–H and O–H groups in total. The van der Waals surface area contributed by atoms with Gasteiger partial charge in [-0.3, -0.25) is 9.38 Å². The minimum atomic E-state index is 0.595. The predicted molar refractivity (Wildman–Crippen MR) is 42.7 cm³/mol. The third-order valence-corrected chi connectivity index (χ3v) is 1.83. The molecule has 0 saturated carbocycles. The molecule has 0 saturated heterocycles. The van der Waals surface area contributed by atoms with Crippen LogP contribution in [0.5, 0.6) is 0 Å². The summed E-state index contributed by atoms with van der Waals surface area (Å²) in [5.74, 6) is 0.882. The Balaban J connectivity index is 2.96. The summed E-state index contributed by atoms with van der Waals surface area (Å²) in [4.78, 5) is 8.03. The Hall–Kier alpha value is -1.09. The zero-order chi connectivity index (χ0) is 7.84. The molecule has 0 bridgehead atoms. The van der Waals surface area contributed by atoms with Crippen LogP contribution in [0.3, 0.4) is 0 Å². The molecular formula is C7H6ClN3. The maximum Gasteiger partial charge on any atom is 0.133 e. The highest BCUT2D eigenvalue weighted by Gasteiger charge is 2.00. The second kappa shape index (κ2) is 2.20. The molecule has 0 radical (unpaired) electrons. The minimum Gasteiger partial charge on any atom is -0.284 e. The van der Waals surface area contributed by atoms with Gasteiger partial charge in [0, 0.05) is 0 Å². The van der Waals surface area contributed by atoms with Gasteiger partial charge in [0.15, 0.2) is 0 Å². The van der Waals surface area contributed by atoms with Crippen molar-refractivity contribution in [2.45, 2.75) is 6.92 Å². The number of hydrogen-bond acceptors (Lipinski definition) is 2. The molecule has 4 heteroatoms. The highest BCUT2D eigenvalue weighted by atomic mass is 35.5. The van der Waals surface area contributed by atoms with Crippen LogP contribution >= 0.6 is 11.6 Å². The summed E-state index contributed by atoms with van der Waals surface area (Å²) >= 11 is 5.86. The summed E-state index contributed by atoms with van der Waals surface area (Å²) in [6.07, 6.45) is 5.07. The highest BCUT2D eigenvalue weighted by Crippen LogP contribution is 2.12. The molecule has 2 rings (SSSR count). The summed E-state index contributed by atoms with van der Waals surface area (Å²) < 4.78 is 1.84. The molecule has 0 aromatic carbocycles. The molecule has 0 atom stereocenters. The molecule has 56 valence electrons. The highest BCUT2D eigenvalue weighted by molar-refractivity contribution is 6.29. The van der Waals surface area contributed by atoms with E-state index in [0.717, 1.165) is 11.3 Å². The fourth-order valence-electron chi connectivity index (χ4n) is 1.06. The number of fused-ring (bicyclic) bond motifs is 1. The van der Waals surface area contributed by atoms with Crippen molar-refractivity contribution in [1.82, 2.24) is 14.4 Å². The molecule has 0 fully saturated rings. The second-order valence-corrected chi connectivity index (χ2v) is 2.68. The lowest BCUT2D eigenvalue weighted by Gasteiger charge is -1.96. The van der Waals surface area contributed by atoms with Gasteiger partial charge in [0.05, 0.1) is 24.1 Å². The quantitative estimate of drug-likeness (QED) is 0.598. The fourth-order valence-corrected chi connectivity index (χ4v) is 1.34. The van der Waals surface area contributed by atoms with Gasteiger partial charge < -0.3 is 0 Å². The van der Waals surface area contributed by atoms with Gasteiger partial charge in [0.2, 0.25) is 0 Å². The number of rotatable bonds is 0. The SMILES string of the molecule is Cc1ncc2cncc(Cl)n12. The third-order valence-electron chi connectivity index (χ3n) is 1.57. The first-order chi connectivity index (χ1) is 5.29. The Labute approximate surface area is 68.7 Å². The van der Waals surface area contributed by atoms with Crippen LogP contribution in [-0.4, -0.2) is 14.4 Å². The maximum absolute atomic E-state index is 5.86. The van der Waals surface area contributed by atoms with E-state index in [-0.39, 0.29) is 0 Å². The van der Waals surface area contributed by atoms with Gasteiger partial charge in [0.1, 0.15) is 11.0 Å². The first-order valence-corrected chi connectivity index (χ1v) is 3.60. The number of halogens is 1. The molecule has 2 aromatic heterocycles. The van der Waals surface area contributed by atoms with Gasteiger partial charge in [-0.15, -0.1) is 0 Å². The number of hydrogen-bond donors (Lipinski definition) is 0. The predicted octanol–water partition coefficient (Wildman–Crippen LogP) is 1.69. The van der Waals surface area contributed by atoms with E-state index in [1.165, 1.54) is 0 Å². The smallest absolute Gasteiger partial charge is 0.133 e. The topological polar surface area (TPSA) is 30.2 Å². The Morgan fingerprint density at radius 3 is 2.91 bits per heavy atom. The average Bonchev–Trinajstić information content (AvgIpc) is 2.34. The van der Waals surface area contributed by atoms with E-state index in [2.05, 4.69) is 9.97 Å². The monoisotopic (exact) mass is 167 g/mol. The molecule has 0 aliphatic carbocycles. The van der Waals surface area contributed by atoms with Gasteiger partial charge in [-0.2, -0.15) is 0 Å². The number of nitrogens with zero attached hydrogens (tertiary/aromatic N) is 3. The number of aryl methyl sites for hydroxylation is 1. The molecule has 0 spiro atoms. The van der Waals surface area contributed by atoms with Crippen molar-refractivity contribution in [3.63, 3.8) is 0 Å². The maximum atomic E-state index is 5.86. The van der Waals surface area contributed by atoms with Crippen LogP contribution in [0, 0.1) is 6.92 Å². The molecule has 0 unspecified atom stereocenters. The lowest BCUT2D eigenvalue weighted by Crippen LogP contribution is -1.89. The normalized spacial score (nSPS) is 10.7. The number of imidazole rings is 1. The van der Waals surface area contributed by atoms with Gasteiger partial charge in [-0.1, -0.05) is 11.6 Å². The van der Waals surface area contributed by atoms with E-state index < -0.39 is 0 Å². The van der Waals surface area contributed by atoms with E-state index >= 15 is 0 Å². The van der Waals surface area contributed by atoms with E-state index in [4.69, 9.17) is 11.6 Å². The van der Waals surface area contributed by atoms with Gasteiger partial charge in [-0.25, -0.2) is 4.98 Å².